The van der Waals surface area contributed by atoms with Crippen molar-refractivity contribution in [3.8, 4) is 0 Å². The van der Waals surface area contributed by atoms with E-state index in [1.165, 1.54) is 0 Å². The van der Waals surface area contributed by atoms with E-state index in [9.17, 15) is 132 Å². The Labute approximate surface area is 263 Å². The molecule has 0 saturated carbocycles. The lowest BCUT2D eigenvalue weighted by Crippen LogP contribution is -2.66. The third-order valence-electron chi connectivity index (χ3n) is 4.74. The fraction of sp³-hybridized carbons (Fsp3) is 1.00. The highest BCUT2D eigenvalue weighted by Gasteiger charge is 2.78. The van der Waals surface area contributed by atoms with Crippen LogP contribution in [0.1, 0.15) is 0 Å². The number of nitrogens with zero attached hydrogens (tertiary/aromatic N) is 3. The van der Waals surface area contributed by atoms with Crippen LogP contribution < -0.4 is 0 Å². The van der Waals surface area contributed by atoms with Crippen molar-refractivity contribution in [1.82, 2.24) is 14.7 Å². The number of alkyl halides is 30. The zero-order valence-electron chi connectivity index (χ0n) is 22.5. The molecule has 0 aromatic rings. The van der Waals surface area contributed by atoms with Crippen LogP contribution in [0.3, 0.4) is 0 Å². The van der Waals surface area contributed by atoms with Crippen LogP contribution in [-0.2, 0) is 13.6 Å². The third-order valence-corrected chi connectivity index (χ3v) is 5.76. The lowest BCUT2D eigenvalue weighted by Gasteiger charge is -2.38. The van der Waals surface area contributed by atoms with Gasteiger partial charge in [0.25, 0.3) is 0 Å². The molecule has 0 spiro atoms. The standard InChI is InChI=1S/C15H6F30N3O3P/c16-4(17,7(22,23)46(10(28,29)30)11(31,32)33)1-49-52(50-2-5(18,19)8(24,25)47(12(34,35)36)13(37,38)39)51-3-6(20,21)9(26,27)48(14(40,41)42)15(43,44)45/h1-3H2. The van der Waals surface area contributed by atoms with Crippen LogP contribution in [0.4, 0.5) is 132 Å². The molecule has 0 amide bonds. The summed E-state index contributed by atoms with van der Waals surface area (Å²) in [7, 11) is -5.80. The monoisotopic (exact) mass is 877 g/mol. The van der Waals surface area contributed by atoms with Gasteiger partial charge in [0.1, 0.15) is 19.8 Å². The zero-order valence-corrected chi connectivity index (χ0v) is 23.4. The average molecular weight is 877 g/mol. The van der Waals surface area contributed by atoms with E-state index in [0.717, 1.165) is 0 Å². The van der Waals surface area contributed by atoms with Gasteiger partial charge in [0.05, 0.1) is 0 Å². The average Bonchev–Trinajstić information content (AvgIpc) is 2.76. The smallest absolute Gasteiger partial charge is 0.306 e. The van der Waals surface area contributed by atoms with Gasteiger partial charge in [-0.15, -0.1) is 0 Å². The minimum atomic E-state index is -7.82. The fourth-order valence-electron chi connectivity index (χ4n) is 2.65. The lowest BCUT2D eigenvalue weighted by molar-refractivity contribution is -0.470. The molecule has 0 aromatic heterocycles. The first-order valence-corrected chi connectivity index (χ1v) is 12.0. The first-order valence-electron chi connectivity index (χ1n) is 10.9. The van der Waals surface area contributed by atoms with Gasteiger partial charge in [0.2, 0.25) is 0 Å². The second kappa shape index (κ2) is 14.6. The molecule has 314 valence electrons. The number of halogens is 30. The molecule has 0 saturated heterocycles. The molecule has 0 aliphatic carbocycles. The largest absolute Gasteiger partial charge is 0.472 e. The first-order chi connectivity index (χ1) is 22.1. The molecule has 37 heteroatoms. The summed E-state index contributed by atoms with van der Waals surface area (Å²) >= 11 is 0. The number of hydrogen-bond acceptors (Lipinski definition) is 6. The molecule has 0 rings (SSSR count). The maximum absolute atomic E-state index is 13.9. The van der Waals surface area contributed by atoms with Crippen LogP contribution >= 0.6 is 8.60 Å². The lowest BCUT2D eigenvalue weighted by atomic mass is 10.2. The summed E-state index contributed by atoms with van der Waals surface area (Å²) in [6.07, 6.45) is -45.8. The predicted octanol–water partition coefficient (Wildman–Crippen LogP) is 9.97. The molecule has 0 aliphatic rings. The van der Waals surface area contributed by atoms with Crippen LogP contribution in [-0.4, -0.2) is 108 Å². The zero-order chi connectivity index (χ0) is 42.6. The summed E-state index contributed by atoms with van der Waals surface area (Å²) in [5.41, 5.74) is 0. The minimum Gasteiger partial charge on any atom is -0.306 e. The molecule has 0 N–H and O–H groups in total. The topological polar surface area (TPSA) is 37.4 Å². The minimum absolute atomic E-state index is 2.93. The van der Waals surface area contributed by atoms with Crippen LogP contribution in [0, 0.1) is 0 Å². The predicted molar refractivity (Wildman–Crippen MR) is 96.3 cm³/mol. The van der Waals surface area contributed by atoms with Crippen molar-refractivity contribution in [2.24, 2.45) is 0 Å². The maximum Gasteiger partial charge on any atom is 0.472 e. The van der Waals surface area contributed by atoms with Gasteiger partial charge in [-0.3, -0.25) is 0 Å². The highest BCUT2D eigenvalue weighted by molar-refractivity contribution is 7.41. The summed E-state index contributed by atoms with van der Waals surface area (Å²) in [6.45, 7) is -12.5. The van der Waals surface area contributed by atoms with Crippen molar-refractivity contribution in [3.05, 3.63) is 0 Å². The van der Waals surface area contributed by atoms with E-state index in [2.05, 4.69) is 13.6 Å². The van der Waals surface area contributed by atoms with E-state index >= 15 is 0 Å². The molecule has 0 radical (unpaired) electrons. The molecule has 52 heavy (non-hydrogen) atoms. The summed E-state index contributed by atoms with van der Waals surface area (Å²) < 4.78 is 399. The Bertz CT molecular complexity index is 984. The van der Waals surface area contributed by atoms with Gasteiger partial charge in [-0.2, -0.15) is 132 Å². The third kappa shape index (κ3) is 11.3. The van der Waals surface area contributed by atoms with E-state index in [1.54, 1.807) is 0 Å². The Morgan fingerprint density at radius 2 is 0.404 bits per heavy atom. The molecular formula is C15H6F30N3O3P. The van der Waals surface area contributed by atoms with Gasteiger partial charge in [-0.25, -0.2) is 0 Å². The molecule has 0 fully saturated rings. The Hall–Kier alpha value is -1.91. The van der Waals surface area contributed by atoms with Gasteiger partial charge in [0, 0.05) is 0 Å². The van der Waals surface area contributed by atoms with Crippen molar-refractivity contribution >= 4 is 8.60 Å². The summed E-state index contributed by atoms with van der Waals surface area (Å²) in [5, 5.41) is 0. The van der Waals surface area contributed by atoms with Crippen molar-refractivity contribution in [2.45, 2.75) is 73.7 Å². The highest BCUT2D eigenvalue weighted by atomic mass is 31.2. The normalized spacial score (nSPS) is 16.3. The van der Waals surface area contributed by atoms with Gasteiger partial charge < -0.3 is 13.6 Å². The molecule has 0 unspecified atom stereocenters. The SMILES string of the molecule is FC(F)(F)N(C(F)(F)F)C(F)(F)C(F)(F)COP(OCC(F)(F)C(F)(F)N(C(F)(F)F)C(F)(F)F)OCC(F)(F)C(F)(F)N(C(F)(F)F)C(F)(F)F. The van der Waals surface area contributed by atoms with Crippen LogP contribution in [0.5, 0.6) is 0 Å². The molecular weight excluding hydrogens is 871 g/mol. The van der Waals surface area contributed by atoms with Crippen molar-refractivity contribution in [3.63, 3.8) is 0 Å². The van der Waals surface area contributed by atoms with E-state index in [-0.39, 0.29) is 0 Å². The Morgan fingerprint density at radius 3 is 0.519 bits per heavy atom. The summed E-state index contributed by atoms with van der Waals surface area (Å²) in [5.74, 6) is -21.8. The summed E-state index contributed by atoms with van der Waals surface area (Å²) in [4.78, 5) is -12.9. The van der Waals surface area contributed by atoms with E-state index in [4.69, 9.17) is 0 Å². The van der Waals surface area contributed by atoms with Gasteiger partial charge in [0.15, 0.2) is 0 Å². The second-order valence-electron chi connectivity index (χ2n) is 8.59. The van der Waals surface area contributed by atoms with Crippen molar-refractivity contribution in [2.75, 3.05) is 19.8 Å². The highest BCUT2D eigenvalue weighted by Crippen LogP contribution is 2.55. The van der Waals surface area contributed by atoms with Crippen LogP contribution in [0.15, 0.2) is 0 Å². The molecule has 0 aromatic carbocycles. The molecule has 0 heterocycles. The van der Waals surface area contributed by atoms with Crippen molar-refractivity contribution < 1.29 is 145 Å². The van der Waals surface area contributed by atoms with E-state index in [1.807, 2.05) is 0 Å². The van der Waals surface area contributed by atoms with Gasteiger partial charge in [-0.1, -0.05) is 14.7 Å². The van der Waals surface area contributed by atoms with Gasteiger partial charge >= 0.3 is 82.3 Å². The van der Waals surface area contributed by atoms with Gasteiger partial charge in [-0.05, 0) is 0 Å². The summed E-state index contributed by atoms with van der Waals surface area (Å²) in [6, 6.07) is -23.5. The van der Waals surface area contributed by atoms with Crippen LogP contribution in [0.2, 0.25) is 0 Å². The Morgan fingerprint density at radius 1 is 0.269 bits per heavy atom. The molecule has 6 nitrogen and oxygen atoms in total. The molecule has 0 atom stereocenters. The molecule has 0 bridgehead atoms. The Kier molecular flexibility index (Phi) is 14.1. The Balaban J connectivity index is 6.96. The van der Waals surface area contributed by atoms with E-state index < -0.39 is 117 Å². The van der Waals surface area contributed by atoms with Crippen molar-refractivity contribution in [1.29, 1.82) is 0 Å². The van der Waals surface area contributed by atoms with Crippen LogP contribution in [0.25, 0.3) is 0 Å². The molecule has 0 aliphatic heterocycles. The van der Waals surface area contributed by atoms with E-state index in [0.29, 0.717) is 0 Å². The quantitative estimate of drug-likeness (QED) is 0.0928. The second-order valence-corrected chi connectivity index (χ2v) is 9.82. The first kappa shape index (κ1) is 50.1. The maximum atomic E-state index is 13.9. The number of rotatable bonds is 15. The fourth-order valence-corrected chi connectivity index (χ4v) is 3.68. The number of hydrogen-bond donors (Lipinski definition) is 0.